The Labute approximate surface area is 92.0 Å². The summed E-state index contributed by atoms with van der Waals surface area (Å²) in [6, 6.07) is 9.89. The second-order valence-corrected chi connectivity index (χ2v) is 3.84. The van der Waals surface area contributed by atoms with Gasteiger partial charge in [0.05, 0.1) is 5.69 Å². The number of hydrogen-bond donors (Lipinski definition) is 2. The molecule has 0 radical (unpaired) electrons. The Hall–Kier alpha value is -2.23. The lowest BCUT2D eigenvalue weighted by Crippen LogP contribution is -1.79. The standard InChI is InChI=1S/C12H11N3O/c1-7-3-2-4-9-8(7)5-10(14-9)11-6-12(13)15-16-11/h2-6,14H,1H3,(H2,13,15). The monoisotopic (exact) mass is 213 g/mol. The molecule has 1 aromatic carbocycles. The van der Waals surface area contributed by atoms with E-state index in [2.05, 4.69) is 23.1 Å². The molecule has 0 atom stereocenters. The lowest BCUT2D eigenvalue weighted by atomic mass is 10.1. The van der Waals surface area contributed by atoms with Crippen LogP contribution >= 0.6 is 0 Å². The summed E-state index contributed by atoms with van der Waals surface area (Å²) >= 11 is 0. The van der Waals surface area contributed by atoms with Crippen LogP contribution < -0.4 is 5.73 Å². The maximum absolute atomic E-state index is 5.52. The normalized spacial score (nSPS) is 11.1. The first-order chi connectivity index (χ1) is 7.74. The highest BCUT2D eigenvalue weighted by Gasteiger charge is 2.09. The first-order valence-corrected chi connectivity index (χ1v) is 5.05. The SMILES string of the molecule is Cc1cccc2[nH]c(-c3cc(N)no3)cc12. The highest BCUT2D eigenvalue weighted by atomic mass is 16.5. The van der Waals surface area contributed by atoms with Gasteiger partial charge in [0.1, 0.15) is 0 Å². The zero-order valence-corrected chi connectivity index (χ0v) is 8.82. The molecule has 0 aliphatic heterocycles. The summed E-state index contributed by atoms with van der Waals surface area (Å²) in [5.74, 6) is 1.05. The second-order valence-electron chi connectivity index (χ2n) is 3.84. The lowest BCUT2D eigenvalue weighted by Gasteiger charge is -1.92. The molecule has 3 rings (SSSR count). The summed E-state index contributed by atoms with van der Waals surface area (Å²) in [5.41, 5.74) is 8.74. The number of nitrogens with zero attached hydrogens (tertiary/aromatic N) is 1. The largest absolute Gasteiger partial charge is 0.381 e. The highest BCUT2D eigenvalue weighted by Crippen LogP contribution is 2.26. The fourth-order valence-corrected chi connectivity index (χ4v) is 1.86. The molecular weight excluding hydrogens is 202 g/mol. The van der Waals surface area contributed by atoms with Crippen LogP contribution in [0.1, 0.15) is 5.56 Å². The summed E-state index contributed by atoms with van der Waals surface area (Å²) in [7, 11) is 0. The fraction of sp³-hybridized carbons (Fsp3) is 0.0833. The fourth-order valence-electron chi connectivity index (χ4n) is 1.86. The third-order valence-electron chi connectivity index (χ3n) is 2.68. The number of benzene rings is 1. The maximum Gasteiger partial charge on any atom is 0.185 e. The summed E-state index contributed by atoms with van der Waals surface area (Å²) in [4.78, 5) is 3.28. The Morgan fingerprint density at radius 3 is 2.88 bits per heavy atom. The van der Waals surface area contributed by atoms with Crippen molar-refractivity contribution in [3.8, 4) is 11.5 Å². The zero-order valence-electron chi connectivity index (χ0n) is 8.82. The first kappa shape index (κ1) is 9.03. The van der Waals surface area contributed by atoms with Crippen molar-refractivity contribution in [2.75, 3.05) is 5.73 Å². The minimum Gasteiger partial charge on any atom is -0.381 e. The second kappa shape index (κ2) is 3.13. The van der Waals surface area contributed by atoms with Gasteiger partial charge in [-0.25, -0.2) is 0 Å². The predicted octanol–water partition coefficient (Wildman–Crippen LogP) is 2.71. The highest BCUT2D eigenvalue weighted by molar-refractivity contribution is 5.87. The smallest absolute Gasteiger partial charge is 0.185 e. The molecule has 2 aromatic heterocycles. The number of aryl methyl sites for hydroxylation is 1. The van der Waals surface area contributed by atoms with Gasteiger partial charge in [0.15, 0.2) is 11.6 Å². The summed E-state index contributed by atoms with van der Waals surface area (Å²) in [5, 5.41) is 4.86. The van der Waals surface area contributed by atoms with Crippen molar-refractivity contribution in [1.82, 2.24) is 10.1 Å². The molecule has 2 heterocycles. The quantitative estimate of drug-likeness (QED) is 0.653. The lowest BCUT2D eigenvalue weighted by molar-refractivity contribution is 0.435. The van der Waals surface area contributed by atoms with Gasteiger partial charge < -0.3 is 15.2 Å². The van der Waals surface area contributed by atoms with Crippen molar-refractivity contribution in [2.45, 2.75) is 6.92 Å². The minimum atomic E-state index is 0.394. The van der Waals surface area contributed by atoms with Crippen molar-refractivity contribution in [3.05, 3.63) is 35.9 Å². The van der Waals surface area contributed by atoms with E-state index in [0.29, 0.717) is 11.6 Å². The molecule has 0 unspecified atom stereocenters. The first-order valence-electron chi connectivity index (χ1n) is 5.05. The number of fused-ring (bicyclic) bond motifs is 1. The third-order valence-corrected chi connectivity index (χ3v) is 2.68. The Bertz CT molecular complexity index is 651. The number of rotatable bonds is 1. The number of hydrogen-bond acceptors (Lipinski definition) is 3. The van der Waals surface area contributed by atoms with E-state index in [0.717, 1.165) is 11.2 Å². The van der Waals surface area contributed by atoms with Crippen molar-refractivity contribution < 1.29 is 4.52 Å². The molecule has 0 aliphatic carbocycles. The molecule has 4 heteroatoms. The van der Waals surface area contributed by atoms with Gasteiger partial charge in [-0.15, -0.1) is 0 Å². The molecule has 0 bridgehead atoms. The Morgan fingerprint density at radius 1 is 1.31 bits per heavy atom. The van der Waals surface area contributed by atoms with Gasteiger partial charge in [-0.05, 0) is 24.6 Å². The van der Waals surface area contributed by atoms with Crippen LogP contribution in [0, 0.1) is 6.92 Å². The summed E-state index contributed by atoms with van der Waals surface area (Å²) < 4.78 is 5.11. The third kappa shape index (κ3) is 1.27. The molecule has 80 valence electrons. The molecule has 3 aromatic rings. The van der Waals surface area contributed by atoms with Gasteiger partial charge >= 0.3 is 0 Å². The summed E-state index contributed by atoms with van der Waals surface area (Å²) in [6.45, 7) is 2.08. The van der Waals surface area contributed by atoms with E-state index < -0.39 is 0 Å². The zero-order chi connectivity index (χ0) is 11.1. The molecule has 4 nitrogen and oxygen atoms in total. The van der Waals surface area contributed by atoms with Crippen LogP contribution in [-0.4, -0.2) is 10.1 Å². The molecule has 0 aliphatic rings. The molecule has 3 N–H and O–H groups in total. The van der Waals surface area contributed by atoms with Crippen molar-refractivity contribution in [2.24, 2.45) is 0 Å². The Morgan fingerprint density at radius 2 is 2.19 bits per heavy atom. The van der Waals surface area contributed by atoms with Crippen LogP contribution in [0.15, 0.2) is 34.9 Å². The van der Waals surface area contributed by atoms with Crippen molar-refractivity contribution in [3.63, 3.8) is 0 Å². The predicted molar refractivity (Wildman–Crippen MR) is 62.9 cm³/mol. The molecule has 0 spiro atoms. The van der Waals surface area contributed by atoms with E-state index in [4.69, 9.17) is 10.3 Å². The molecule has 0 saturated heterocycles. The van der Waals surface area contributed by atoms with Gasteiger partial charge in [0.2, 0.25) is 0 Å². The average molecular weight is 213 g/mol. The summed E-state index contributed by atoms with van der Waals surface area (Å²) in [6.07, 6.45) is 0. The minimum absolute atomic E-state index is 0.394. The van der Waals surface area contributed by atoms with Gasteiger partial charge in [0.25, 0.3) is 0 Å². The Kier molecular flexibility index (Phi) is 1.77. The Balaban J connectivity index is 2.22. The van der Waals surface area contributed by atoms with Crippen LogP contribution in [0.5, 0.6) is 0 Å². The van der Waals surface area contributed by atoms with E-state index >= 15 is 0 Å². The van der Waals surface area contributed by atoms with Crippen LogP contribution in [0.25, 0.3) is 22.4 Å². The van der Waals surface area contributed by atoms with E-state index in [-0.39, 0.29) is 0 Å². The van der Waals surface area contributed by atoms with Crippen LogP contribution in [-0.2, 0) is 0 Å². The van der Waals surface area contributed by atoms with Crippen LogP contribution in [0.2, 0.25) is 0 Å². The van der Waals surface area contributed by atoms with Crippen molar-refractivity contribution in [1.29, 1.82) is 0 Å². The molecule has 0 saturated carbocycles. The topological polar surface area (TPSA) is 67.8 Å². The number of nitrogens with two attached hydrogens (primary N) is 1. The molecule has 0 amide bonds. The van der Waals surface area contributed by atoms with Gasteiger partial charge in [0, 0.05) is 17.0 Å². The molecule has 0 fully saturated rings. The van der Waals surface area contributed by atoms with E-state index in [1.165, 1.54) is 10.9 Å². The van der Waals surface area contributed by atoms with E-state index in [1.807, 2.05) is 18.2 Å². The number of aromatic nitrogens is 2. The van der Waals surface area contributed by atoms with Crippen LogP contribution in [0.3, 0.4) is 0 Å². The van der Waals surface area contributed by atoms with Gasteiger partial charge in [-0.3, -0.25) is 0 Å². The molecule has 16 heavy (non-hydrogen) atoms. The number of nitrogens with one attached hydrogen (secondary N) is 1. The number of aromatic amines is 1. The number of nitrogen functional groups attached to an aromatic ring is 1. The molecular formula is C12H11N3O. The van der Waals surface area contributed by atoms with Crippen molar-refractivity contribution >= 4 is 16.7 Å². The maximum atomic E-state index is 5.52. The van der Waals surface area contributed by atoms with Crippen LogP contribution in [0.4, 0.5) is 5.82 Å². The number of anilines is 1. The van der Waals surface area contributed by atoms with E-state index in [9.17, 15) is 0 Å². The van der Waals surface area contributed by atoms with Gasteiger partial charge in [-0.1, -0.05) is 17.3 Å². The number of H-pyrrole nitrogens is 1. The van der Waals surface area contributed by atoms with E-state index in [1.54, 1.807) is 6.07 Å². The van der Waals surface area contributed by atoms with Gasteiger partial charge in [-0.2, -0.15) is 0 Å². The average Bonchev–Trinajstić information content (AvgIpc) is 2.84.